The van der Waals surface area contributed by atoms with Gasteiger partial charge >= 0.3 is 5.97 Å². The molecule has 1 aromatic rings. The van der Waals surface area contributed by atoms with E-state index in [1.54, 1.807) is 27.8 Å². The second kappa shape index (κ2) is 27.3. The van der Waals surface area contributed by atoms with Gasteiger partial charge in [0.25, 0.3) is 0 Å². The first-order chi connectivity index (χ1) is 29.0. The van der Waals surface area contributed by atoms with Gasteiger partial charge in [-0.05, 0) is 76.3 Å². The molecular weight excluding hydrogens is 795 g/mol. The fourth-order valence-electron chi connectivity index (χ4n) is 6.79. The van der Waals surface area contributed by atoms with E-state index in [4.69, 9.17) is 4.74 Å². The first-order valence-electron chi connectivity index (χ1n) is 21.8. The second-order valence-corrected chi connectivity index (χ2v) is 17.7. The number of hydrogen-bond acceptors (Lipinski definition) is 10. The second-order valence-electron chi connectivity index (χ2n) is 17.7. The summed E-state index contributed by atoms with van der Waals surface area (Å²) in [5.74, 6) is -4.30. The molecule has 6 amide bonds. The number of aliphatic hydroxyl groups excluding tert-OH is 1. The molecule has 0 bridgehead atoms. The number of allylic oxidation sites excluding steroid dienone is 2. The number of ether oxygens (including phenoxy) is 1. The van der Waals surface area contributed by atoms with Gasteiger partial charge in [0.05, 0.1) is 12.6 Å². The maximum Gasteiger partial charge on any atom is 0.328 e. The van der Waals surface area contributed by atoms with Crippen LogP contribution in [0.4, 0.5) is 0 Å². The van der Waals surface area contributed by atoms with Gasteiger partial charge in [-0.3, -0.25) is 28.8 Å². The molecule has 0 saturated carbocycles. The van der Waals surface area contributed by atoms with Crippen molar-refractivity contribution in [3.05, 3.63) is 48.0 Å². The van der Waals surface area contributed by atoms with E-state index in [2.05, 4.69) is 21.3 Å². The van der Waals surface area contributed by atoms with Crippen molar-refractivity contribution in [1.82, 2.24) is 36.0 Å². The highest BCUT2D eigenvalue weighted by molar-refractivity contribution is 5.95. The topological polar surface area (TPSA) is 207 Å². The molecule has 0 saturated heterocycles. The number of esters is 1. The van der Waals surface area contributed by atoms with Crippen LogP contribution in [0, 0.1) is 23.7 Å². The Morgan fingerprint density at radius 1 is 0.726 bits per heavy atom. The Morgan fingerprint density at radius 2 is 1.27 bits per heavy atom. The summed E-state index contributed by atoms with van der Waals surface area (Å²) >= 11 is 0. The molecule has 0 aliphatic rings. The lowest BCUT2D eigenvalue weighted by molar-refractivity contribution is -0.150. The molecule has 0 aliphatic heterocycles. The first-order valence-corrected chi connectivity index (χ1v) is 21.8. The molecule has 0 radical (unpaired) electrons. The molecule has 0 aromatic heterocycles. The number of amides is 6. The highest BCUT2D eigenvalue weighted by Crippen LogP contribution is 2.18. The Hall–Kier alpha value is -4.83. The summed E-state index contributed by atoms with van der Waals surface area (Å²) in [5.41, 5.74) is 0.796. The van der Waals surface area contributed by atoms with E-state index in [0.717, 1.165) is 5.56 Å². The SMILES string of the molecule is C/C=C/C[C@@H](C)[C@@H](O)[C@H](NC)C(=O)N[C@@H](C)CC(=O)N(C)CC(=O)N(C)[C@@H](CC(C)C)C(=O)N[C@H](C(=O)N(C)[C@@H](CC(C)C)C(=O)N[C@@H](C)C(=O)OCc1ccccc1)C(C)C. The van der Waals surface area contributed by atoms with Gasteiger partial charge in [-0.1, -0.05) is 91.0 Å². The van der Waals surface area contributed by atoms with Crippen LogP contribution in [-0.4, -0.2) is 138 Å². The van der Waals surface area contributed by atoms with Crippen molar-refractivity contribution < 1.29 is 43.4 Å². The number of nitrogens with zero attached hydrogens (tertiary/aromatic N) is 3. The minimum Gasteiger partial charge on any atom is -0.459 e. The first kappa shape index (κ1) is 55.2. The van der Waals surface area contributed by atoms with E-state index in [-0.39, 0.29) is 50.2 Å². The number of carbonyl (C=O) groups excluding carboxylic acids is 7. The minimum absolute atomic E-state index is 0.0118. The molecule has 0 spiro atoms. The summed E-state index contributed by atoms with van der Waals surface area (Å²) in [7, 11) is 6.01. The van der Waals surface area contributed by atoms with Crippen LogP contribution in [0.1, 0.15) is 100 Å². The molecule has 0 unspecified atom stereocenters. The van der Waals surface area contributed by atoms with Crippen LogP contribution < -0.4 is 21.3 Å². The molecule has 62 heavy (non-hydrogen) atoms. The molecule has 8 atom stereocenters. The predicted octanol–water partition coefficient (Wildman–Crippen LogP) is 3.03. The van der Waals surface area contributed by atoms with E-state index in [1.165, 1.54) is 42.8 Å². The van der Waals surface area contributed by atoms with Gasteiger partial charge in [0, 0.05) is 33.6 Å². The lowest BCUT2D eigenvalue weighted by Gasteiger charge is -2.35. The van der Waals surface area contributed by atoms with Crippen molar-refractivity contribution in [2.24, 2.45) is 23.7 Å². The summed E-state index contributed by atoms with van der Waals surface area (Å²) in [6.07, 6.45) is 3.84. The van der Waals surface area contributed by atoms with Gasteiger partial charge < -0.3 is 45.8 Å². The zero-order valence-corrected chi connectivity index (χ0v) is 39.7. The molecule has 0 fully saturated rings. The minimum atomic E-state index is -1.07. The van der Waals surface area contributed by atoms with Gasteiger partial charge in [-0.2, -0.15) is 0 Å². The number of likely N-dealkylation sites (N-methyl/N-ethyl adjacent to an activating group) is 4. The van der Waals surface area contributed by atoms with Crippen molar-refractivity contribution in [2.75, 3.05) is 34.7 Å². The zero-order valence-electron chi connectivity index (χ0n) is 39.7. The molecule has 1 aromatic carbocycles. The van der Waals surface area contributed by atoms with Gasteiger partial charge in [-0.15, -0.1) is 0 Å². The van der Waals surface area contributed by atoms with E-state index in [0.29, 0.717) is 6.42 Å². The molecule has 1 rings (SSSR count). The average Bonchev–Trinajstić information content (AvgIpc) is 3.21. The van der Waals surface area contributed by atoms with Crippen LogP contribution in [0.15, 0.2) is 42.5 Å². The molecular formula is C46H77N7O9. The summed E-state index contributed by atoms with van der Waals surface area (Å²) in [6, 6.07) is 3.60. The molecule has 350 valence electrons. The van der Waals surface area contributed by atoms with Crippen molar-refractivity contribution >= 4 is 41.4 Å². The Balaban J connectivity index is 3.07. The van der Waals surface area contributed by atoms with Gasteiger partial charge in [0.1, 0.15) is 36.8 Å². The van der Waals surface area contributed by atoms with Crippen LogP contribution in [0.3, 0.4) is 0 Å². The number of carbonyl (C=O) groups is 7. The van der Waals surface area contributed by atoms with Crippen LogP contribution in [-0.2, 0) is 44.9 Å². The molecule has 16 heteroatoms. The van der Waals surface area contributed by atoms with E-state index in [1.807, 2.05) is 84.0 Å². The number of rotatable bonds is 26. The summed E-state index contributed by atoms with van der Waals surface area (Å²) in [6.45, 7) is 17.7. The largest absolute Gasteiger partial charge is 0.459 e. The normalized spacial score (nSPS) is 15.5. The molecule has 0 heterocycles. The summed E-state index contributed by atoms with van der Waals surface area (Å²) in [4.78, 5) is 98.4. The third kappa shape index (κ3) is 18.3. The van der Waals surface area contributed by atoms with Crippen LogP contribution >= 0.6 is 0 Å². The Kier molecular flexibility index (Phi) is 24.3. The Labute approximate surface area is 370 Å². The number of nitrogens with one attached hydrogen (secondary N) is 4. The monoisotopic (exact) mass is 872 g/mol. The lowest BCUT2D eigenvalue weighted by atomic mass is 9.94. The third-order valence-electron chi connectivity index (χ3n) is 10.8. The standard InChI is InChI=1S/C46H77N7O9/c1-15-16-20-31(8)41(56)40(47-11)44(59)48-32(9)25-37(54)51(12)26-38(55)52(13)35(23-28(2)3)43(58)50-39(30(6)7)45(60)53(14)36(24-29(4)5)42(57)49-33(10)46(61)62-27-34-21-18-17-19-22-34/h15-19,21-22,28-33,35-36,39-41,47,56H,20,23-27H2,1-14H3,(H,48,59)(H,49,57)(H,50,58)/b16-15+/t31-,32+,33+,35+,36+,39+,40+,41-/m1/s1. The Morgan fingerprint density at radius 3 is 1.79 bits per heavy atom. The van der Waals surface area contributed by atoms with Gasteiger partial charge in [-0.25, -0.2) is 4.79 Å². The predicted molar refractivity (Wildman–Crippen MR) is 240 cm³/mol. The highest BCUT2D eigenvalue weighted by atomic mass is 16.5. The third-order valence-corrected chi connectivity index (χ3v) is 10.8. The van der Waals surface area contributed by atoms with Crippen LogP contribution in [0.5, 0.6) is 0 Å². The highest BCUT2D eigenvalue weighted by Gasteiger charge is 2.38. The Bertz CT molecular complexity index is 1640. The van der Waals surface area contributed by atoms with Crippen LogP contribution in [0.25, 0.3) is 0 Å². The van der Waals surface area contributed by atoms with E-state index >= 15 is 0 Å². The number of hydrogen-bond donors (Lipinski definition) is 5. The lowest BCUT2D eigenvalue weighted by Crippen LogP contribution is -2.60. The van der Waals surface area contributed by atoms with Gasteiger partial charge in [0.2, 0.25) is 35.4 Å². The summed E-state index contributed by atoms with van der Waals surface area (Å²) in [5, 5.41) is 22.0. The molecule has 5 N–H and O–H groups in total. The van der Waals surface area contributed by atoms with Crippen molar-refractivity contribution in [3.63, 3.8) is 0 Å². The fraction of sp³-hybridized carbons (Fsp3) is 0.674. The zero-order chi connectivity index (χ0) is 47.4. The van der Waals surface area contributed by atoms with E-state index in [9.17, 15) is 38.7 Å². The van der Waals surface area contributed by atoms with Crippen molar-refractivity contribution in [1.29, 1.82) is 0 Å². The number of benzene rings is 1. The van der Waals surface area contributed by atoms with Crippen molar-refractivity contribution in [3.8, 4) is 0 Å². The van der Waals surface area contributed by atoms with Crippen molar-refractivity contribution in [2.45, 2.75) is 144 Å². The smallest absolute Gasteiger partial charge is 0.328 e. The molecule has 16 nitrogen and oxygen atoms in total. The summed E-state index contributed by atoms with van der Waals surface area (Å²) < 4.78 is 5.40. The molecule has 0 aliphatic carbocycles. The maximum atomic E-state index is 14.2. The quantitative estimate of drug-likeness (QED) is 0.0680. The van der Waals surface area contributed by atoms with Crippen LogP contribution in [0.2, 0.25) is 0 Å². The maximum absolute atomic E-state index is 14.2. The average molecular weight is 872 g/mol. The van der Waals surface area contributed by atoms with Gasteiger partial charge in [0.15, 0.2) is 0 Å². The fourth-order valence-corrected chi connectivity index (χ4v) is 6.79. The van der Waals surface area contributed by atoms with E-state index < -0.39 is 89.7 Å². The number of aliphatic hydroxyl groups is 1.